The minimum Gasteiger partial charge on any atom is -0.346 e. The van der Waals surface area contributed by atoms with Crippen LogP contribution in [0.25, 0.3) is 11.4 Å². The van der Waals surface area contributed by atoms with Crippen LogP contribution >= 0.6 is 11.8 Å². The Morgan fingerprint density at radius 2 is 1.96 bits per heavy atom. The van der Waals surface area contributed by atoms with Crippen LogP contribution in [0.5, 0.6) is 0 Å². The third-order valence-electron chi connectivity index (χ3n) is 4.60. The summed E-state index contributed by atoms with van der Waals surface area (Å²) in [5.74, 6) is 1.16. The molecule has 0 aliphatic heterocycles. The number of rotatable bonds is 8. The number of carbonyl (C=O) groups is 1. The average molecular weight is 396 g/mol. The fourth-order valence-corrected chi connectivity index (χ4v) is 4.30. The van der Waals surface area contributed by atoms with Gasteiger partial charge in [-0.1, -0.05) is 17.8 Å². The van der Waals surface area contributed by atoms with E-state index in [0.717, 1.165) is 28.3 Å². The predicted molar refractivity (Wildman–Crippen MR) is 113 cm³/mol. The Morgan fingerprint density at radius 1 is 1.25 bits per heavy atom. The molecule has 0 spiro atoms. The van der Waals surface area contributed by atoms with Crippen molar-refractivity contribution in [3.05, 3.63) is 60.2 Å². The predicted octanol–water partition coefficient (Wildman–Crippen LogP) is 4.50. The van der Waals surface area contributed by atoms with Gasteiger partial charge in [-0.2, -0.15) is 0 Å². The van der Waals surface area contributed by atoms with Crippen molar-refractivity contribution >= 4 is 17.5 Å². The number of carbonyl (C=O) groups excluding carboxylic acids is 1. The molecule has 0 N–H and O–H groups in total. The van der Waals surface area contributed by atoms with Crippen LogP contribution in [0.3, 0.4) is 0 Å². The van der Waals surface area contributed by atoms with Crippen LogP contribution in [-0.2, 0) is 6.54 Å². The molecule has 3 aromatic rings. The molecule has 0 aliphatic carbocycles. The largest absolute Gasteiger partial charge is 0.346 e. The molecule has 7 heteroatoms. The summed E-state index contributed by atoms with van der Waals surface area (Å²) in [7, 11) is 0. The molecule has 6 nitrogen and oxygen atoms in total. The number of aryl methyl sites for hydroxylation is 1. The molecule has 0 atom stereocenters. The first-order valence-electron chi connectivity index (χ1n) is 9.23. The van der Waals surface area contributed by atoms with Crippen molar-refractivity contribution in [3.8, 4) is 11.4 Å². The van der Waals surface area contributed by atoms with E-state index < -0.39 is 0 Å². The Hall–Kier alpha value is -2.67. The van der Waals surface area contributed by atoms with Gasteiger partial charge in [-0.05, 0) is 45.9 Å². The van der Waals surface area contributed by atoms with Crippen LogP contribution in [0.15, 0.2) is 48.4 Å². The number of ketones is 1. The summed E-state index contributed by atoms with van der Waals surface area (Å²) in [5, 5.41) is 9.32. The van der Waals surface area contributed by atoms with Crippen molar-refractivity contribution in [2.24, 2.45) is 0 Å². The smallest absolute Gasteiger partial charge is 0.192 e. The summed E-state index contributed by atoms with van der Waals surface area (Å²) in [5.41, 5.74) is 3.84. The number of Topliss-reactive ketones (excluding diaryl/α,β-unsaturated/α-hetero) is 1. The summed E-state index contributed by atoms with van der Waals surface area (Å²) >= 11 is 1.40. The molecule has 0 bridgehead atoms. The molecule has 3 rings (SSSR count). The highest BCUT2D eigenvalue weighted by atomic mass is 32.2. The first kappa shape index (κ1) is 20.1. The molecule has 146 valence electrons. The van der Waals surface area contributed by atoms with Gasteiger partial charge in [0.1, 0.15) is 0 Å². The van der Waals surface area contributed by atoms with Crippen molar-refractivity contribution in [2.45, 2.75) is 45.4 Å². The van der Waals surface area contributed by atoms with Crippen molar-refractivity contribution < 1.29 is 4.79 Å². The van der Waals surface area contributed by atoms with Gasteiger partial charge in [0, 0.05) is 47.5 Å². The van der Waals surface area contributed by atoms with Crippen molar-refractivity contribution in [3.63, 3.8) is 0 Å². The third kappa shape index (κ3) is 3.94. The topological polar surface area (TPSA) is 65.6 Å². The Bertz CT molecular complexity index is 988. The lowest BCUT2D eigenvalue weighted by molar-refractivity contribution is 0.102. The first-order chi connectivity index (χ1) is 13.4. The van der Waals surface area contributed by atoms with Crippen LogP contribution in [0, 0.1) is 13.8 Å². The maximum atomic E-state index is 12.9. The lowest BCUT2D eigenvalue weighted by Gasteiger charge is -2.13. The summed E-state index contributed by atoms with van der Waals surface area (Å²) in [6.07, 6.45) is 5.25. The SMILES string of the molecule is C=CCn1c(SCC(=O)c2cc(C)n(C(C)C)c2C)nnc1-c1ccncc1. The standard InChI is InChI=1S/C21H25N5OS/c1-6-11-25-20(17-7-9-22-10-8-17)23-24-21(25)28-13-19(27)18-12-15(4)26(14(2)3)16(18)5/h6-10,12,14H,1,11,13H2,2-5H3. The van der Waals surface area contributed by atoms with Gasteiger partial charge >= 0.3 is 0 Å². The molecule has 0 unspecified atom stereocenters. The second-order valence-electron chi connectivity index (χ2n) is 6.90. The van der Waals surface area contributed by atoms with E-state index >= 15 is 0 Å². The average Bonchev–Trinajstić information content (AvgIpc) is 3.21. The van der Waals surface area contributed by atoms with E-state index in [1.165, 1.54) is 11.8 Å². The quantitative estimate of drug-likeness (QED) is 0.319. The molecular weight excluding hydrogens is 370 g/mol. The van der Waals surface area contributed by atoms with E-state index in [1.54, 1.807) is 18.5 Å². The molecule has 3 aromatic heterocycles. The molecule has 0 saturated heterocycles. The summed E-state index contributed by atoms with van der Waals surface area (Å²) in [4.78, 5) is 16.9. The Morgan fingerprint density at radius 3 is 2.57 bits per heavy atom. The van der Waals surface area contributed by atoms with Crippen LogP contribution in [0.1, 0.15) is 41.6 Å². The number of aromatic nitrogens is 5. The van der Waals surface area contributed by atoms with Crippen molar-refractivity contribution in [1.82, 2.24) is 24.3 Å². The van der Waals surface area contributed by atoms with Gasteiger partial charge in [0.25, 0.3) is 0 Å². The van der Waals surface area contributed by atoms with Crippen LogP contribution in [0.4, 0.5) is 0 Å². The minimum atomic E-state index is 0.101. The monoisotopic (exact) mass is 395 g/mol. The van der Waals surface area contributed by atoms with E-state index in [9.17, 15) is 4.79 Å². The van der Waals surface area contributed by atoms with Crippen LogP contribution in [0.2, 0.25) is 0 Å². The maximum absolute atomic E-state index is 12.9. The van der Waals surface area contributed by atoms with E-state index in [-0.39, 0.29) is 5.78 Å². The van der Waals surface area contributed by atoms with Gasteiger partial charge in [-0.3, -0.25) is 14.3 Å². The molecule has 0 aromatic carbocycles. The summed E-state index contributed by atoms with van der Waals surface area (Å²) < 4.78 is 4.16. The van der Waals surface area contributed by atoms with E-state index in [4.69, 9.17) is 0 Å². The number of hydrogen-bond acceptors (Lipinski definition) is 5. The Balaban J connectivity index is 1.82. The van der Waals surface area contributed by atoms with E-state index in [2.05, 4.69) is 40.2 Å². The second kappa shape index (κ2) is 8.56. The van der Waals surface area contributed by atoms with Gasteiger partial charge in [0.2, 0.25) is 0 Å². The number of thioether (sulfide) groups is 1. The number of pyridine rings is 1. The normalized spacial score (nSPS) is 11.2. The van der Waals surface area contributed by atoms with Crippen molar-refractivity contribution in [1.29, 1.82) is 0 Å². The van der Waals surface area contributed by atoms with E-state index in [1.807, 2.05) is 36.6 Å². The molecule has 0 aliphatic rings. The zero-order chi connectivity index (χ0) is 20.3. The zero-order valence-electron chi connectivity index (χ0n) is 16.7. The first-order valence-corrected chi connectivity index (χ1v) is 10.2. The van der Waals surface area contributed by atoms with E-state index in [0.29, 0.717) is 23.5 Å². The minimum absolute atomic E-state index is 0.101. The Labute approximate surface area is 169 Å². The highest BCUT2D eigenvalue weighted by Crippen LogP contribution is 2.26. The molecular formula is C21H25N5OS. The second-order valence-corrected chi connectivity index (χ2v) is 7.84. The Kier molecular flexibility index (Phi) is 6.14. The van der Waals surface area contributed by atoms with Gasteiger partial charge in [0.15, 0.2) is 16.8 Å². The fourth-order valence-electron chi connectivity index (χ4n) is 3.47. The molecule has 0 radical (unpaired) electrons. The van der Waals surface area contributed by atoms with Crippen molar-refractivity contribution in [2.75, 3.05) is 5.75 Å². The highest BCUT2D eigenvalue weighted by Gasteiger charge is 2.19. The molecule has 0 amide bonds. The third-order valence-corrected chi connectivity index (χ3v) is 5.57. The van der Waals surface area contributed by atoms with Gasteiger partial charge < -0.3 is 4.57 Å². The zero-order valence-corrected chi connectivity index (χ0v) is 17.5. The number of nitrogens with zero attached hydrogens (tertiary/aromatic N) is 5. The summed E-state index contributed by atoms with van der Waals surface area (Å²) in [6.45, 7) is 12.7. The lowest BCUT2D eigenvalue weighted by atomic mass is 10.2. The lowest BCUT2D eigenvalue weighted by Crippen LogP contribution is -2.09. The molecule has 0 fully saturated rings. The van der Waals surface area contributed by atoms with Gasteiger partial charge in [-0.15, -0.1) is 16.8 Å². The molecule has 0 saturated carbocycles. The number of hydrogen-bond donors (Lipinski definition) is 0. The molecule has 3 heterocycles. The van der Waals surface area contributed by atoms with Crippen LogP contribution < -0.4 is 0 Å². The van der Waals surface area contributed by atoms with Gasteiger partial charge in [0.05, 0.1) is 5.75 Å². The number of allylic oxidation sites excluding steroid dienone is 1. The van der Waals surface area contributed by atoms with Crippen LogP contribution in [-0.4, -0.2) is 35.9 Å². The summed E-state index contributed by atoms with van der Waals surface area (Å²) in [6, 6.07) is 6.09. The maximum Gasteiger partial charge on any atom is 0.192 e. The molecule has 28 heavy (non-hydrogen) atoms. The highest BCUT2D eigenvalue weighted by molar-refractivity contribution is 7.99. The van der Waals surface area contributed by atoms with Gasteiger partial charge in [-0.25, -0.2) is 0 Å². The fraction of sp³-hybridized carbons (Fsp3) is 0.333.